The lowest BCUT2D eigenvalue weighted by molar-refractivity contribution is -0.384. The summed E-state index contributed by atoms with van der Waals surface area (Å²) in [6.45, 7) is -2.96. The molecule has 0 saturated carbocycles. The normalized spacial score (nSPS) is 10.3. The van der Waals surface area contributed by atoms with E-state index in [1.807, 2.05) is 0 Å². The van der Waals surface area contributed by atoms with E-state index in [1.54, 1.807) is 6.07 Å². The topological polar surface area (TPSA) is 61.6 Å². The molecule has 2 aromatic carbocycles. The molecule has 0 aliphatic heterocycles. The van der Waals surface area contributed by atoms with Crippen LogP contribution in [0.2, 0.25) is 0 Å². The van der Waals surface area contributed by atoms with Crippen molar-refractivity contribution in [3.05, 3.63) is 58.6 Å². The molecule has 2 rings (SSSR count). The highest BCUT2D eigenvalue weighted by molar-refractivity contribution is 5.44. The van der Waals surface area contributed by atoms with E-state index in [9.17, 15) is 18.9 Å². The third-order valence-electron chi connectivity index (χ3n) is 2.34. The highest BCUT2D eigenvalue weighted by Crippen LogP contribution is 2.32. The predicted molar refractivity (Wildman–Crippen MR) is 66.2 cm³/mol. The van der Waals surface area contributed by atoms with Gasteiger partial charge in [-0.1, -0.05) is 12.1 Å². The van der Waals surface area contributed by atoms with Crippen molar-refractivity contribution in [1.29, 1.82) is 0 Å². The molecule has 5 nitrogen and oxygen atoms in total. The van der Waals surface area contributed by atoms with Gasteiger partial charge in [-0.05, 0) is 24.3 Å². The minimum absolute atomic E-state index is 0.0885. The molecule has 0 radical (unpaired) electrons. The summed E-state index contributed by atoms with van der Waals surface area (Å²) in [6.07, 6.45) is 0. The van der Waals surface area contributed by atoms with E-state index in [1.165, 1.54) is 42.5 Å². The maximum absolute atomic E-state index is 12.2. The van der Waals surface area contributed by atoms with Crippen LogP contribution in [0.4, 0.5) is 14.5 Å². The second kappa shape index (κ2) is 5.96. The molecule has 2 aromatic rings. The van der Waals surface area contributed by atoms with E-state index >= 15 is 0 Å². The van der Waals surface area contributed by atoms with E-state index in [-0.39, 0.29) is 22.9 Å². The Morgan fingerprint density at radius 1 is 1.00 bits per heavy atom. The summed E-state index contributed by atoms with van der Waals surface area (Å²) >= 11 is 0. The first-order chi connectivity index (χ1) is 9.56. The maximum Gasteiger partial charge on any atom is 0.387 e. The first-order valence-electron chi connectivity index (χ1n) is 5.52. The van der Waals surface area contributed by atoms with Crippen LogP contribution in [-0.4, -0.2) is 11.5 Å². The van der Waals surface area contributed by atoms with E-state index in [0.29, 0.717) is 0 Å². The van der Waals surface area contributed by atoms with Gasteiger partial charge >= 0.3 is 6.61 Å². The number of nitro groups is 1. The van der Waals surface area contributed by atoms with E-state index in [2.05, 4.69) is 4.74 Å². The Morgan fingerprint density at radius 2 is 1.60 bits per heavy atom. The fraction of sp³-hybridized carbons (Fsp3) is 0.0769. The molecule has 0 aromatic heterocycles. The molecule has 0 saturated heterocycles. The van der Waals surface area contributed by atoms with Crippen LogP contribution in [0.1, 0.15) is 0 Å². The van der Waals surface area contributed by atoms with Crippen molar-refractivity contribution in [2.75, 3.05) is 0 Å². The minimum atomic E-state index is -2.96. The van der Waals surface area contributed by atoms with Crippen LogP contribution in [-0.2, 0) is 0 Å². The van der Waals surface area contributed by atoms with Crippen molar-refractivity contribution < 1.29 is 23.2 Å². The van der Waals surface area contributed by atoms with Gasteiger partial charge in [-0.3, -0.25) is 10.1 Å². The van der Waals surface area contributed by atoms with Crippen LogP contribution in [0.15, 0.2) is 48.5 Å². The van der Waals surface area contributed by atoms with Crippen molar-refractivity contribution in [1.82, 2.24) is 0 Å². The van der Waals surface area contributed by atoms with Crippen molar-refractivity contribution >= 4 is 5.69 Å². The summed E-state index contributed by atoms with van der Waals surface area (Å²) in [5, 5.41) is 10.5. The van der Waals surface area contributed by atoms with Gasteiger partial charge in [0.05, 0.1) is 4.92 Å². The Bertz CT molecular complexity index is 602. The molecule has 0 aliphatic carbocycles. The largest absolute Gasteiger partial charge is 0.453 e. The summed E-state index contributed by atoms with van der Waals surface area (Å²) in [5.74, 6) is 0.267. The Morgan fingerprint density at radius 3 is 2.15 bits per heavy atom. The van der Waals surface area contributed by atoms with Crippen LogP contribution in [0, 0.1) is 10.1 Å². The molecule has 0 atom stereocenters. The van der Waals surface area contributed by atoms with Gasteiger partial charge in [0, 0.05) is 12.1 Å². The number of nitrogens with zero attached hydrogens (tertiary/aromatic N) is 1. The summed E-state index contributed by atoms with van der Waals surface area (Å²) in [4.78, 5) is 9.96. The molecule has 0 aliphatic rings. The zero-order valence-corrected chi connectivity index (χ0v) is 10.0. The average molecular weight is 281 g/mol. The second-order valence-corrected chi connectivity index (χ2v) is 3.68. The third-order valence-corrected chi connectivity index (χ3v) is 2.34. The quantitative estimate of drug-likeness (QED) is 0.614. The van der Waals surface area contributed by atoms with Crippen LogP contribution in [0.25, 0.3) is 0 Å². The number of rotatable bonds is 5. The van der Waals surface area contributed by atoms with Crippen LogP contribution in [0.3, 0.4) is 0 Å². The van der Waals surface area contributed by atoms with E-state index < -0.39 is 11.5 Å². The highest BCUT2D eigenvalue weighted by atomic mass is 19.3. The van der Waals surface area contributed by atoms with Crippen molar-refractivity contribution in [2.45, 2.75) is 6.61 Å². The summed E-state index contributed by atoms with van der Waals surface area (Å²) in [6, 6.07) is 11.2. The molecule has 0 amide bonds. The number of para-hydroxylation sites is 2. The lowest BCUT2D eigenvalue weighted by Crippen LogP contribution is -2.03. The SMILES string of the molecule is O=[N+]([O-])c1ccc(Oc2ccccc2OC(F)F)cc1. The standard InChI is InChI=1S/C13H9F2NO4/c14-13(15)20-12-4-2-1-3-11(12)19-10-7-5-9(6-8-10)16(17)18/h1-8,13H. The lowest BCUT2D eigenvalue weighted by atomic mass is 10.3. The smallest absolute Gasteiger partial charge is 0.387 e. The molecular formula is C13H9F2NO4. The summed E-state index contributed by atoms with van der Waals surface area (Å²) in [7, 11) is 0. The zero-order chi connectivity index (χ0) is 14.5. The van der Waals surface area contributed by atoms with Gasteiger partial charge in [-0.15, -0.1) is 0 Å². The number of non-ortho nitro benzene ring substituents is 1. The molecular weight excluding hydrogens is 272 g/mol. The first kappa shape index (κ1) is 13.7. The molecule has 0 bridgehead atoms. The minimum Gasteiger partial charge on any atom is -0.453 e. The van der Waals surface area contributed by atoms with Gasteiger partial charge in [0.2, 0.25) is 0 Å². The molecule has 0 N–H and O–H groups in total. The number of halogens is 2. The fourth-order valence-corrected chi connectivity index (χ4v) is 1.49. The number of nitro benzene ring substituents is 1. The number of hydrogen-bond donors (Lipinski definition) is 0. The Hall–Kier alpha value is -2.70. The van der Waals surface area contributed by atoms with Gasteiger partial charge in [0.15, 0.2) is 11.5 Å². The number of benzene rings is 2. The van der Waals surface area contributed by atoms with Crippen molar-refractivity contribution in [3.63, 3.8) is 0 Å². The van der Waals surface area contributed by atoms with Gasteiger partial charge in [0.1, 0.15) is 5.75 Å². The fourth-order valence-electron chi connectivity index (χ4n) is 1.49. The first-order valence-corrected chi connectivity index (χ1v) is 5.52. The number of ether oxygens (including phenoxy) is 2. The van der Waals surface area contributed by atoms with Crippen LogP contribution in [0.5, 0.6) is 17.2 Å². The highest BCUT2D eigenvalue weighted by Gasteiger charge is 2.11. The van der Waals surface area contributed by atoms with E-state index in [0.717, 1.165) is 0 Å². The Kier molecular flexibility index (Phi) is 4.09. The summed E-state index contributed by atoms with van der Waals surface area (Å²) < 4.78 is 34.1. The van der Waals surface area contributed by atoms with Crippen molar-refractivity contribution in [3.8, 4) is 17.2 Å². The molecule has 104 valence electrons. The maximum atomic E-state index is 12.2. The van der Waals surface area contributed by atoms with Gasteiger partial charge < -0.3 is 9.47 Å². The Balaban J connectivity index is 2.19. The zero-order valence-electron chi connectivity index (χ0n) is 10.0. The van der Waals surface area contributed by atoms with Crippen LogP contribution < -0.4 is 9.47 Å². The molecule has 0 heterocycles. The van der Waals surface area contributed by atoms with Crippen molar-refractivity contribution in [2.24, 2.45) is 0 Å². The molecule has 0 fully saturated rings. The van der Waals surface area contributed by atoms with E-state index in [4.69, 9.17) is 4.74 Å². The average Bonchev–Trinajstić information content (AvgIpc) is 2.41. The molecule has 7 heteroatoms. The van der Waals surface area contributed by atoms with Gasteiger partial charge in [-0.2, -0.15) is 8.78 Å². The molecule has 0 unspecified atom stereocenters. The monoisotopic (exact) mass is 281 g/mol. The van der Waals surface area contributed by atoms with Gasteiger partial charge in [0.25, 0.3) is 5.69 Å². The summed E-state index contributed by atoms with van der Waals surface area (Å²) in [5.41, 5.74) is -0.0885. The molecule has 0 spiro atoms. The Labute approximate surface area is 112 Å². The number of alkyl halides is 2. The third kappa shape index (κ3) is 3.41. The molecule has 20 heavy (non-hydrogen) atoms. The number of hydrogen-bond acceptors (Lipinski definition) is 4. The predicted octanol–water partition coefficient (Wildman–Crippen LogP) is 3.99. The van der Waals surface area contributed by atoms with Gasteiger partial charge in [-0.25, -0.2) is 0 Å². The second-order valence-electron chi connectivity index (χ2n) is 3.68. The lowest BCUT2D eigenvalue weighted by Gasteiger charge is -2.11. The van der Waals surface area contributed by atoms with Crippen LogP contribution >= 0.6 is 0 Å².